The topological polar surface area (TPSA) is 52.7 Å². The smallest absolute Gasteiger partial charge is 0.259 e. The molecular formula is C34H30ClN3O2. The van der Waals surface area contributed by atoms with Crippen LogP contribution in [0.5, 0.6) is 0 Å². The van der Waals surface area contributed by atoms with Crippen molar-refractivity contribution in [2.24, 2.45) is 5.92 Å². The average Bonchev–Trinajstić information content (AvgIpc) is 3.54. The molecule has 40 heavy (non-hydrogen) atoms. The maximum Gasteiger partial charge on any atom is 0.259 e. The third-order valence-corrected chi connectivity index (χ3v) is 9.16. The number of rotatable bonds is 4. The molecule has 1 aliphatic carbocycles. The highest BCUT2D eigenvalue weighted by Gasteiger charge is 2.48. The van der Waals surface area contributed by atoms with E-state index in [1.54, 1.807) is 18.2 Å². The zero-order valence-corrected chi connectivity index (χ0v) is 22.9. The lowest BCUT2D eigenvalue weighted by atomic mass is 9.98. The number of fused-ring (bicyclic) bond motifs is 6. The number of hydrogen-bond donors (Lipinski definition) is 1. The van der Waals surface area contributed by atoms with Gasteiger partial charge in [0, 0.05) is 42.1 Å². The van der Waals surface area contributed by atoms with Crippen LogP contribution in [0.1, 0.15) is 45.5 Å². The Morgan fingerprint density at radius 1 is 0.825 bits per heavy atom. The molecule has 2 bridgehead atoms. The molecule has 0 aromatic heterocycles. The van der Waals surface area contributed by atoms with Gasteiger partial charge in [-0.1, -0.05) is 78.3 Å². The Bertz CT molecular complexity index is 1600. The predicted octanol–water partition coefficient (Wildman–Crippen LogP) is 7.27. The van der Waals surface area contributed by atoms with Crippen LogP contribution >= 0.6 is 11.6 Å². The van der Waals surface area contributed by atoms with Crippen molar-refractivity contribution in [3.63, 3.8) is 0 Å². The average molecular weight is 548 g/mol. The van der Waals surface area contributed by atoms with E-state index in [2.05, 4.69) is 22.3 Å². The Morgan fingerprint density at radius 3 is 2.45 bits per heavy atom. The Morgan fingerprint density at radius 2 is 1.60 bits per heavy atom. The highest BCUT2D eigenvalue weighted by atomic mass is 35.5. The normalized spacial score (nSPS) is 21.4. The molecule has 1 saturated heterocycles. The first-order valence-electron chi connectivity index (χ1n) is 14.0. The summed E-state index contributed by atoms with van der Waals surface area (Å²) in [5, 5.41) is 3.30. The van der Waals surface area contributed by atoms with Crippen molar-refractivity contribution in [3.05, 3.63) is 119 Å². The van der Waals surface area contributed by atoms with E-state index in [0.29, 0.717) is 46.4 Å². The summed E-state index contributed by atoms with van der Waals surface area (Å²) in [6, 6.07) is 31.8. The first-order chi connectivity index (χ1) is 19.6. The van der Waals surface area contributed by atoms with Gasteiger partial charge in [-0.3, -0.25) is 14.5 Å². The van der Waals surface area contributed by atoms with E-state index >= 15 is 0 Å². The summed E-state index contributed by atoms with van der Waals surface area (Å²) in [4.78, 5) is 31.9. The standard InChI is InChI=1S/C34H30ClN3O2/c35-30-19-25(36-33(39)28-12-6-5-11-27(28)22-8-2-1-3-9-22)15-17-29(30)34(40)38-21-32-23-14-16-26(18-23)37(32)20-24-10-4-7-13-31(24)38/h1-13,15,17,19,23,26,32H,14,16,18,20-21H2,(H,36,39)/t23-,26+,32+/m1/s1. The van der Waals surface area contributed by atoms with Crippen LogP contribution in [-0.4, -0.2) is 35.3 Å². The van der Waals surface area contributed by atoms with E-state index in [-0.39, 0.29) is 11.8 Å². The minimum atomic E-state index is -0.229. The summed E-state index contributed by atoms with van der Waals surface area (Å²) in [5.74, 6) is 0.309. The van der Waals surface area contributed by atoms with Crippen molar-refractivity contribution < 1.29 is 9.59 Å². The second-order valence-electron chi connectivity index (χ2n) is 11.1. The van der Waals surface area contributed by atoms with E-state index in [1.807, 2.05) is 71.6 Å². The molecule has 0 unspecified atom stereocenters. The van der Waals surface area contributed by atoms with E-state index < -0.39 is 0 Å². The quantitative estimate of drug-likeness (QED) is 0.292. The molecule has 3 atom stereocenters. The number of piperidine rings is 1. The lowest BCUT2D eigenvalue weighted by Crippen LogP contribution is -2.46. The summed E-state index contributed by atoms with van der Waals surface area (Å²) in [7, 11) is 0. The minimum absolute atomic E-state index is 0.102. The molecule has 3 aliphatic rings. The van der Waals surface area contributed by atoms with Gasteiger partial charge in [-0.15, -0.1) is 0 Å². The predicted molar refractivity (Wildman–Crippen MR) is 160 cm³/mol. The minimum Gasteiger partial charge on any atom is -0.322 e. The molecule has 5 nitrogen and oxygen atoms in total. The highest BCUT2D eigenvalue weighted by Crippen LogP contribution is 2.46. The summed E-state index contributed by atoms with van der Waals surface area (Å²) in [6.45, 7) is 1.55. The Kier molecular flexibility index (Phi) is 6.41. The van der Waals surface area contributed by atoms with Crippen molar-refractivity contribution in [3.8, 4) is 11.1 Å². The van der Waals surface area contributed by atoms with Crippen molar-refractivity contribution in [1.29, 1.82) is 0 Å². The summed E-state index contributed by atoms with van der Waals surface area (Å²) in [5.41, 5.74) is 5.53. The fourth-order valence-electron chi connectivity index (χ4n) is 6.93. The van der Waals surface area contributed by atoms with Crippen LogP contribution in [0.3, 0.4) is 0 Å². The second-order valence-corrected chi connectivity index (χ2v) is 11.5. The third-order valence-electron chi connectivity index (χ3n) is 8.85. The lowest BCUT2D eigenvalue weighted by molar-refractivity contribution is 0.0961. The van der Waals surface area contributed by atoms with Crippen molar-refractivity contribution >= 4 is 34.8 Å². The van der Waals surface area contributed by atoms with E-state index in [1.165, 1.54) is 24.8 Å². The third kappa shape index (κ3) is 4.40. The molecule has 2 aliphatic heterocycles. The van der Waals surface area contributed by atoms with Gasteiger partial charge >= 0.3 is 0 Å². The van der Waals surface area contributed by atoms with E-state index in [4.69, 9.17) is 11.6 Å². The van der Waals surface area contributed by atoms with Crippen molar-refractivity contribution in [2.75, 3.05) is 16.8 Å². The maximum absolute atomic E-state index is 14.0. The number of nitrogens with zero attached hydrogens (tertiary/aromatic N) is 2. The van der Waals surface area contributed by atoms with Gasteiger partial charge in [0.25, 0.3) is 11.8 Å². The number of anilines is 2. The molecular weight excluding hydrogens is 518 g/mol. The van der Waals surface area contributed by atoms with Crippen molar-refractivity contribution in [2.45, 2.75) is 37.9 Å². The van der Waals surface area contributed by atoms with Crippen LogP contribution in [0, 0.1) is 5.92 Å². The van der Waals surface area contributed by atoms with Gasteiger partial charge in [-0.05, 0) is 72.2 Å². The molecule has 0 radical (unpaired) electrons. The fraction of sp³-hybridized carbons (Fsp3) is 0.235. The Balaban J connectivity index is 1.15. The Hall–Kier alpha value is -3.93. The van der Waals surface area contributed by atoms with Gasteiger partial charge in [-0.25, -0.2) is 0 Å². The number of para-hydroxylation sites is 1. The molecule has 1 N–H and O–H groups in total. The van der Waals surface area contributed by atoms with Gasteiger partial charge < -0.3 is 10.2 Å². The number of amides is 2. The molecule has 1 saturated carbocycles. The first-order valence-corrected chi connectivity index (χ1v) is 14.4. The van der Waals surface area contributed by atoms with Gasteiger partial charge in [0.15, 0.2) is 0 Å². The van der Waals surface area contributed by atoms with Crippen LogP contribution in [0.25, 0.3) is 11.1 Å². The Labute approximate surface area is 239 Å². The largest absolute Gasteiger partial charge is 0.322 e. The zero-order valence-electron chi connectivity index (χ0n) is 22.1. The SMILES string of the molecule is O=C(Nc1ccc(C(=O)N2C[C@H]3[C@@H]4CC[C@@H](C4)N3Cc3ccccc32)c(Cl)c1)c1ccccc1-c1ccccc1. The summed E-state index contributed by atoms with van der Waals surface area (Å²) < 4.78 is 0. The van der Waals surface area contributed by atoms with Gasteiger partial charge in [0.1, 0.15) is 0 Å². The van der Waals surface area contributed by atoms with Crippen LogP contribution in [0.2, 0.25) is 5.02 Å². The molecule has 200 valence electrons. The van der Waals surface area contributed by atoms with Gasteiger partial charge in [0.05, 0.1) is 10.6 Å². The number of hydrogen-bond acceptors (Lipinski definition) is 3. The van der Waals surface area contributed by atoms with Gasteiger partial charge in [-0.2, -0.15) is 0 Å². The number of benzene rings is 4. The second kappa shape index (κ2) is 10.2. The fourth-order valence-corrected chi connectivity index (χ4v) is 7.19. The molecule has 4 aromatic rings. The highest BCUT2D eigenvalue weighted by molar-refractivity contribution is 6.35. The monoisotopic (exact) mass is 547 g/mol. The number of nitrogens with one attached hydrogen (secondary N) is 1. The van der Waals surface area contributed by atoms with E-state index in [0.717, 1.165) is 23.4 Å². The van der Waals surface area contributed by atoms with Crippen LogP contribution in [-0.2, 0) is 6.54 Å². The first kappa shape index (κ1) is 25.1. The number of halogens is 1. The number of carbonyl (C=O) groups excluding carboxylic acids is 2. The molecule has 2 heterocycles. The number of carbonyl (C=O) groups is 2. The van der Waals surface area contributed by atoms with Crippen LogP contribution in [0.15, 0.2) is 97.1 Å². The van der Waals surface area contributed by atoms with Gasteiger partial charge in [0.2, 0.25) is 0 Å². The van der Waals surface area contributed by atoms with E-state index in [9.17, 15) is 9.59 Å². The molecule has 4 aromatic carbocycles. The zero-order chi connectivity index (χ0) is 27.2. The molecule has 7 rings (SSSR count). The van der Waals surface area contributed by atoms with Crippen LogP contribution < -0.4 is 10.2 Å². The molecule has 2 fully saturated rings. The molecule has 2 amide bonds. The lowest BCUT2D eigenvalue weighted by Gasteiger charge is -2.35. The molecule has 0 spiro atoms. The summed E-state index contributed by atoms with van der Waals surface area (Å²) >= 11 is 6.73. The maximum atomic E-state index is 14.0. The van der Waals surface area contributed by atoms with Crippen LogP contribution in [0.4, 0.5) is 11.4 Å². The van der Waals surface area contributed by atoms with Crippen molar-refractivity contribution in [1.82, 2.24) is 4.90 Å². The molecule has 6 heteroatoms. The summed E-state index contributed by atoms with van der Waals surface area (Å²) in [6.07, 6.45) is 3.73.